The minimum atomic E-state index is -0.679. The van der Waals surface area contributed by atoms with E-state index in [1.165, 1.54) is 0 Å². The van der Waals surface area contributed by atoms with Gasteiger partial charge in [-0.15, -0.1) is 0 Å². The maximum atomic E-state index is 3.50. The molecular weight excluding hydrogens is 15600 g/mol. The number of alkyl halides is 1. The van der Waals surface area contributed by atoms with Crippen LogP contribution in [-0.4, -0.2) is 4.93 Å². The molecule has 0 aliphatic heterocycles. The van der Waals surface area contributed by atoms with Crippen LogP contribution in [0.4, 0.5) is 0 Å². The molecule has 0 aliphatic carbocycles. The van der Waals surface area contributed by atoms with E-state index < -0.39 is 486 Å². The van der Waals surface area contributed by atoms with Crippen LogP contribution in [0.5, 0.6) is 0 Å². The molecule has 0 nitrogen and oxygen atoms in total. The van der Waals surface area contributed by atoms with E-state index in [0.29, 0.717) is 0 Å². The Morgan fingerprint density at radius 2 is 0.105 bits per heavy atom. The Kier molecular flexibility index (Phi) is 221. The fraction of sp³-hybridized carbons (Fsp3) is 1.00. The molecule has 0 bridgehead atoms. The van der Waals surface area contributed by atoms with Gasteiger partial charge in [-0.05, 0) is 0 Å². The van der Waals surface area contributed by atoms with Crippen LogP contribution in [0.25, 0.3) is 0 Å². The average Bonchev–Trinajstić information content (AvgIpc) is 0.818. The van der Waals surface area contributed by atoms with Crippen molar-refractivity contribution in [3.05, 3.63) is 0 Å². The molecule has 0 saturated carbocycles. The predicted molar refractivity (Wildman–Crippen MR) is 1730 cm³/mol. The topological polar surface area (TPSA) is 0 Å². The summed E-state index contributed by atoms with van der Waals surface area (Å²) >= 11 is 212. The van der Waals surface area contributed by atoms with E-state index in [9.17, 15) is 0 Å². The SMILES string of the molecule is CI(I)I(I)I(I)I(I)I(I)I(I)I(I)I(I)I(I)I(I)I(I)I(I)I(I)I(I)I(I)I(I)I(I)I(I)I(I)I(I)I(I)I(I)I(I)I(I)I(I)I(I)I(I)I(I)I(I)I(I)I(I)I(I)I(I)I(I)I(I)I(I)I(I)I(I)I(I)I(I)I(I)I(I)I(I)I(I)I(I)I(I)I(I)I(I)I(I)I(I)I(I)I(I)I(I)I(I)I(I)I(I)I(I)I(I)I(I)I(I)I(I)I. The molecule has 0 aliphatic rings. The van der Waals surface area contributed by atoms with E-state index in [0.717, 1.165) is 0 Å². The Bertz CT molecular complexity index is 2460. The van der Waals surface area contributed by atoms with Crippen molar-refractivity contribution in [2.45, 2.75) is 0 Å². The van der Waals surface area contributed by atoms with Crippen molar-refractivity contribution in [2.24, 2.45) is 0 Å². The Hall–Kier alpha value is 89.8. The molecule has 0 N–H and O–H groups in total. The molecule has 0 unspecified atom stereocenters. The van der Waals surface area contributed by atoms with Crippen molar-refractivity contribution in [1.82, 2.24) is 0 Å². The van der Waals surface area contributed by atoms with Crippen LogP contribution in [0, 0.1) is 0 Å². The third-order valence-electron chi connectivity index (χ3n) is 4.97. The summed E-state index contributed by atoms with van der Waals surface area (Å²) in [6.45, 7) is 0. The zero-order valence-electron chi connectivity index (χ0n) is 47.5. The van der Waals surface area contributed by atoms with Crippen LogP contribution in [0.15, 0.2) is 0 Å². The maximum absolute atomic E-state index is 3.50. The first-order chi connectivity index (χ1) is 56.4. The number of hydrogen-bond acceptors (Lipinski definition) is 0. The predicted octanol–water partition coefficient (Wildman–Crippen LogP) is 109. The van der Waals surface area contributed by atoms with Gasteiger partial charge in [0, 0.05) is 0 Å². The first-order valence-corrected chi connectivity index (χ1v) is 787. The second-order valence-corrected chi connectivity index (χ2v) is 2960. The minimum absolute atomic E-state index is 0.483. The van der Waals surface area contributed by atoms with Crippen molar-refractivity contribution in [1.29, 1.82) is 0 Å². The van der Waals surface area contributed by atoms with Gasteiger partial charge in [0.15, 0.2) is 0 Å². The van der Waals surface area contributed by atoms with E-state index in [4.69, 9.17) is 0 Å². The third-order valence-corrected chi connectivity index (χ3v) is 9870. The first-order valence-electron chi connectivity index (χ1n) is 17.8. The van der Waals surface area contributed by atoms with E-state index in [1.54, 1.807) is 0 Å². The van der Waals surface area contributed by atoms with E-state index >= 15 is 0 Å². The molecule has 123 heteroatoms. The van der Waals surface area contributed by atoms with Crippen molar-refractivity contribution in [3.8, 4) is 0 Å². The molecule has 0 radical (unpaired) electrons. The van der Waals surface area contributed by atoms with Crippen molar-refractivity contribution < 1.29 is 0 Å². The molecule has 0 fully saturated rings. The summed E-state index contributed by atoms with van der Waals surface area (Å²) < 4.78 is 0. The Morgan fingerprint density at radius 3 is 0.145 bits per heavy atom. The molecule has 0 spiro atoms. The van der Waals surface area contributed by atoms with Gasteiger partial charge in [0.1, 0.15) is 0 Å². The van der Waals surface area contributed by atoms with Gasteiger partial charge in [0.05, 0.1) is 0 Å². The van der Waals surface area contributed by atoms with Crippen LogP contribution in [-0.2, 0) is 0 Å². The number of hydrogen-bond donors (Lipinski definition) is 0. The van der Waals surface area contributed by atoms with Crippen molar-refractivity contribution in [3.63, 3.8) is 0 Å². The van der Waals surface area contributed by atoms with Gasteiger partial charge in [-0.2, -0.15) is 0 Å². The second-order valence-electron chi connectivity index (χ2n) is 10.1. The Labute approximate surface area is 1540 Å². The summed E-state index contributed by atoms with van der Waals surface area (Å²) in [6.07, 6.45) is 0. The molecule has 0 amide bonds. The first kappa shape index (κ1) is 214. The van der Waals surface area contributed by atoms with Gasteiger partial charge >= 0.3 is 1640 Å². The van der Waals surface area contributed by atoms with Gasteiger partial charge in [-0.3, -0.25) is 0 Å². The van der Waals surface area contributed by atoms with Crippen molar-refractivity contribution in [2.75, 3.05) is 4.93 Å². The summed E-state index contributed by atoms with van der Waals surface area (Å²) in [7, 11) is -38.0. The Balaban J connectivity index is 5.97. The third kappa shape index (κ3) is 86.5. The monoisotopic (exact) mass is 15600 g/mol. The molecule has 0 aromatic rings. The molecule has 0 rings (SSSR count). The van der Waals surface area contributed by atoms with Gasteiger partial charge in [-0.1, -0.05) is 0 Å². The van der Waals surface area contributed by atoms with E-state index in [1.807, 2.05) is 0 Å². The molecule has 0 aromatic heterocycles. The molecular formula is CH3I123. The Morgan fingerprint density at radius 1 is 0.0645 bits per heavy atom. The molecule has 0 heterocycles. The zero-order chi connectivity index (χ0) is 98.2. The molecule has 124 heavy (non-hydrogen) atoms. The summed E-state index contributed by atoms with van der Waals surface area (Å²) in [5, 5.41) is 0. The van der Waals surface area contributed by atoms with Crippen LogP contribution in [0.1, 0.15) is 0 Å². The van der Waals surface area contributed by atoms with Crippen LogP contribution < -0.4 is 0 Å². The summed E-state index contributed by atoms with van der Waals surface area (Å²) in [4.78, 5) is 2.77. The standard InChI is InChI=1S/CH3I123/c1-64(2)66(5)68(7)70(9)72(11)74(13)76(15)78(17)80(19)82(21)84(23)86(25)88(27)90(29)92(31)94(33)96(35)98(37)100(39)102(41)104(43)106(45)108(47)110(49)112(51)114(53)116(55)118(57)120(59)122(61)124(63)123(62)121(60)119(58)117(56)115(54)113(52)111(50)109(48)107(46)105(44)103(42)101(40)99(38)97(36)95(34)93(32)91(30)89(28)87(26)85(24)83(22)81(20)79(18)77(16)75(14)73(12)71(10)69(8)67(6)65(3)4/h1H3. The zero-order valence-corrected chi connectivity index (χ0v) is 313. The fourth-order valence-corrected chi connectivity index (χ4v) is 24600. The normalized spacial score (nSPS) is 19.2. The van der Waals surface area contributed by atoms with Gasteiger partial charge < -0.3 is 0 Å². The van der Waals surface area contributed by atoms with Crippen LogP contribution in [0.2, 0.25) is 0 Å². The summed E-state index contributed by atoms with van der Waals surface area (Å²) in [5.41, 5.74) is 0. The van der Waals surface area contributed by atoms with E-state index in [-0.39, 0.29) is 0 Å². The van der Waals surface area contributed by atoms with Crippen LogP contribution >= 0.6 is 1640 Å². The molecule has 868 valence electrons. The molecule has 0 atom stereocenters. The van der Waals surface area contributed by atoms with Crippen molar-refractivity contribution >= 4 is 1640 Å². The molecule has 0 saturated heterocycles. The van der Waals surface area contributed by atoms with Gasteiger partial charge in [-0.25, -0.2) is 0 Å². The fourth-order valence-electron chi connectivity index (χ4n) is 1.85. The quantitative estimate of drug-likeness (QED) is 0.0421. The summed E-state index contributed by atoms with van der Waals surface area (Å²) in [6, 6.07) is 0. The number of halogens is 123. The van der Waals surface area contributed by atoms with Crippen LogP contribution in [0.3, 0.4) is 0 Å². The van der Waals surface area contributed by atoms with Gasteiger partial charge in [0.2, 0.25) is 0 Å². The number of rotatable bonds is 60. The second kappa shape index (κ2) is 128. The average molecular weight is 15600 g/mol. The molecule has 0 aromatic carbocycles. The van der Waals surface area contributed by atoms with Gasteiger partial charge in [0.25, 0.3) is 0 Å². The summed E-state index contributed by atoms with van der Waals surface area (Å²) in [5.74, 6) is 0. The van der Waals surface area contributed by atoms with E-state index in [2.05, 4.69) is 1160 Å².